The Morgan fingerprint density at radius 3 is 2.10 bits per heavy atom. The number of amides is 2. The Bertz CT molecular complexity index is 398. The minimum absolute atomic E-state index is 0.0376. The number of carbonyl (C=O) groups excluding carboxylic acids is 2. The monoisotopic (exact) mass is 296 g/mol. The van der Waals surface area contributed by atoms with Crippen LogP contribution in [0.3, 0.4) is 0 Å². The van der Waals surface area contributed by atoms with Crippen LogP contribution in [0.15, 0.2) is 0 Å². The van der Waals surface area contributed by atoms with Crippen molar-refractivity contribution in [3.05, 3.63) is 0 Å². The minimum atomic E-state index is -0.463. The van der Waals surface area contributed by atoms with Crippen LogP contribution in [0.4, 0.5) is 0 Å². The number of rotatable bonds is 1. The van der Waals surface area contributed by atoms with E-state index in [0.29, 0.717) is 13.1 Å². The topological polar surface area (TPSA) is 73.5 Å². The first-order valence-electron chi connectivity index (χ1n) is 7.78. The highest BCUT2D eigenvalue weighted by atomic mass is 16.2. The number of nitrogens with one attached hydrogen (secondary N) is 3. The molecule has 0 aliphatic carbocycles. The highest BCUT2D eigenvalue weighted by Crippen LogP contribution is 2.28. The van der Waals surface area contributed by atoms with Crippen LogP contribution in [0.25, 0.3) is 0 Å². The maximum atomic E-state index is 12.2. The summed E-state index contributed by atoms with van der Waals surface area (Å²) < 4.78 is 0. The van der Waals surface area contributed by atoms with Gasteiger partial charge in [0.25, 0.3) is 0 Å². The molecule has 0 unspecified atom stereocenters. The van der Waals surface area contributed by atoms with Crippen LogP contribution in [-0.2, 0) is 9.59 Å². The first-order valence-corrected chi connectivity index (χ1v) is 7.78. The standard InChI is InChI=1S/C15H28N4O2/c1-14(2)9-11(10-15(3,4)18-14)17-12(20)13(21)19-7-5-16-6-8-19/h11,16,18H,5-10H2,1-4H3,(H,17,20). The van der Waals surface area contributed by atoms with Crippen molar-refractivity contribution in [3.63, 3.8) is 0 Å². The smallest absolute Gasteiger partial charge is 0.311 e. The lowest BCUT2D eigenvalue weighted by atomic mass is 9.79. The summed E-state index contributed by atoms with van der Waals surface area (Å²) >= 11 is 0. The summed E-state index contributed by atoms with van der Waals surface area (Å²) in [6, 6.07) is 0.0376. The lowest BCUT2D eigenvalue weighted by Gasteiger charge is -2.46. The lowest BCUT2D eigenvalue weighted by molar-refractivity contribution is -0.146. The number of hydrogen-bond acceptors (Lipinski definition) is 4. The van der Waals surface area contributed by atoms with E-state index < -0.39 is 11.8 Å². The molecule has 0 aromatic carbocycles. The first kappa shape index (κ1) is 16.2. The van der Waals surface area contributed by atoms with Gasteiger partial charge in [0.1, 0.15) is 0 Å². The largest absolute Gasteiger partial charge is 0.345 e. The second-order valence-electron chi connectivity index (χ2n) is 7.51. The average Bonchev–Trinajstić information content (AvgIpc) is 2.35. The van der Waals surface area contributed by atoms with E-state index in [2.05, 4.69) is 43.6 Å². The molecular formula is C15H28N4O2. The van der Waals surface area contributed by atoms with Gasteiger partial charge in [0.05, 0.1) is 0 Å². The molecule has 2 rings (SSSR count). The fraction of sp³-hybridized carbons (Fsp3) is 0.867. The molecule has 2 saturated heterocycles. The Balaban J connectivity index is 1.93. The molecule has 2 aliphatic heterocycles. The molecule has 2 fully saturated rings. The minimum Gasteiger partial charge on any atom is -0.345 e. The molecular weight excluding hydrogens is 268 g/mol. The molecule has 2 heterocycles. The van der Waals surface area contributed by atoms with E-state index in [0.717, 1.165) is 25.9 Å². The zero-order chi connectivity index (χ0) is 15.7. The molecule has 3 N–H and O–H groups in total. The molecule has 6 nitrogen and oxygen atoms in total. The van der Waals surface area contributed by atoms with Crippen molar-refractivity contribution < 1.29 is 9.59 Å². The Morgan fingerprint density at radius 2 is 1.57 bits per heavy atom. The summed E-state index contributed by atoms with van der Waals surface area (Å²) in [5, 5.41) is 9.69. The predicted octanol–water partition coefficient (Wildman–Crippen LogP) is -0.156. The van der Waals surface area contributed by atoms with E-state index in [1.54, 1.807) is 4.90 Å². The van der Waals surface area contributed by atoms with Crippen LogP contribution in [0.1, 0.15) is 40.5 Å². The lowest BCUT2D eigenvalue weighted by Crippen LogP contribution is -2.63. The summed E-state index contributed by atoms with van der Waals surface area (Å²) in [4.78, 5) is 26.0. The molecule has 0 aromatic rings. The molecule has 2 aliphatic rings. The molecule has 120 valence electrons. The van der Waals surface area contributed by atoms with E-state index in [1.165, 1.54) is 0 Å². The number of piperazine rings is 1. The summed E-state index contributed by atoms with van der Waals surface area (Å²) in [6.45, 7) is 11.2. The molecule has 21 heavy (non-hydrogen) atoms. The van der Waals surface area contributed by atoms with Crippen molar-refractivity contribution in [1.29, 1.82) is 0 Å². The van der Waals surface area contributed by atoms with Crippen molar-refractivity contribution in [2.45, 2.75) is 57.7 Å². The van der Waals surface area contributed by atoms with Crippen molar-refractivity contribution >= 4 is 11.8 Å². The van der Waals surface area contributed by atoms with Gasteiger partial charge in [-0.3, -0.25) is 9.59 Å². The van der Waals surface area contributed by atoms with Crippen LogP contribution in [0.5, 0.6) is 0 Å². The maximum absolute atomic E-state index is 12.2. The van der Waals surface area contributed by atoms with Gasteiger partial charge in [0.2, 0.25) is 0 Å². The molecule has 0 spiro atoms. The Kier molecular flexibility index (Phi) is 4.58. The van der Waals surface area contributed by atoms with Gasteiger partial charge in [0, 0.05) is 43.3 Å². The molecule has 0 atom stereocenters. The zero-order valence-corrected chi connectivity index (χ0v) is 13.6. The van der Waals surface area contributed by atoms with E-state index in [1.807, 2.05) is 0 Å². The molecule has 0 radical (unpaired) electrons. The maximum Gasteiger partial charge on any atom is 0.311 e. The van der Waals surface area contributed by atoms with E-state index in [9.17, 15) is 9.59 Å². The third kappa shape index (κ3) is 4.41. The Hall–Kier alpha value is -1.14. The zero-order valence-electron chi connectivity index (χ0n) is 13.6. The van der Waals surface area contributed by atoms with Gasteiger partial charge < -0.3 is 20.9 Å². The number of carbonyl (C=O) groups is 2. The number of hydrogen-bond donors (Lipinski definition) is 3. The van der Waals surface area contributed by atoms with E-state index in [4.69, 9.17) is 0 Å². The van der Waals surface area contributed by atoms with Gasteiger partial charge in [-0.15, -0.1) is 0 Å². The van der Waals surface area contributed by atoms with Crippen LogP contribution in [0.2, 0.25) is 0 Å². The molecule has 0 bridgehead atoms. The van der Waals surface area contributed by atoms with Crippen LogP contribution in [-0.4, -0.2) is 60.0 Å². The fourth-order valence-electron chi connectivity index (χ4n) is 3.68. The summed E-state index contributed by atoms with van der Waals surface area (Å²) in [7, 11) is 0. The van der Waals surface area contributed by atoms with Crippen LogP contribution >= 0.6 is 0 Å². The van der Waals surface area contributed by atoms with Crippen molar-refractivity contribution in [2.75, 3.05) is 26.2 Å². The summed E-state index contributed by atoms with van der Waals surface area (Å²) in [5.74, 6) is -0.860. The highest BCUT2D eigenvalue weighted by molar-refractivity contribution is 6.35. The molecule has 0 saturated carbocycles. The predicted molar refractivity (Wildman–Crippen MR) is 81.9 cm³/mol. The molecule has 0 aromatic heterocycles. The Morgan fingerprint density at radius 1 is 1.05 bits per heavy atom. The second-order valence-corrected chi connectivity index (χ2v) is 7.51. The van der Waals surface area contributed by atoms with Gasteiger partial charge in [-0.1, -0.05) is 0 Å². The third-order valence-corrected chi connectivity index (χ3v) is 4.12. The van der Waals surface area contributed by atoms with Gasteiger partial charge >= 0.3 is 11.8 Å². The number of nitrogens with zero attached hydrogens (tertiary/aromatic N) is 1. The quantitative estimate of drug-likeness (QED) is 0.588. The van der Waals surface area contributed by atoms with Gasteiger partial charge in [-0.2, -0.15) is 0 Å². The third-order valence-electron chi connectivity index (χ3n) is 4.12. The summed E-state index contributed by atoms with van der Waals surface area (Å²) in [6.07, 6.45) is 1.66. The van der Waals surface area contributed by atoms with Crippen molar-refractivity contribution in [1.82, 2.24) is 20.9 Å². The van der Waals surface area contributed by atoms with Gasteiger partial charge in [-0.05, 0) is 40.5 Å². The Labute approximate surface area is 127 Å². The normalized spacial score (nSPS) is 25.4. The van der Waals surface area contributed by atoms with E-state index in [-0.39, 0.29) is 17.1 Å². The average molecular weight is 296 g/mol. The van der Waals surface area contributed by atoms with Gasteiger partial charge in [0.15, 0.2) is 0 Å². The SMILES string of the molecule is CC1(C)CC(NC(=O)C(=O)N2CCNCC2)CC(C)(C)N1. The summed E-state index contributed by atoms with van der Waals surface area (Å²) in [5.41, 5.74) is -0.0877. The first-order chi connectivity index (χ1) is 9.69. The van der Waals surface area contributed by atoms with Crippen LogP contribution in [0, 0.1) is 0 Å². The van der Waals surface area contributed by atoms with Crippen molar-refractivity contribution in [3.8, 4) is 0 Å². The second kappa shape index (κ2) is 5.93. The molecule has 6 heteroatoms. The fourth-order valence-corrected chi connectivity index (χ4v) is 3.68. The van der Waals surface area contributed by atoms with Crippen LogP contribution < -0.4 is 16.0 Å². The van der Waals surface area contributed by atoms with Gasteiger partial charge in [-0.25, -0.2) is 0 Å². The van der Waals surface area contributed by atoms with E-state index >= 15 is 0 Å². The number of piperidine rings is 1. The van der Waals surface area contributed by atoms with Crippen molar-refractivity contribution in [2.24, 2.45) is 0 Å². The molecule has 2 amide bonds. The highest BCUT2D eigenvalue weighted by Gasteiger charge is 2.39.